The van der Waals surface area contributed by atoms with Gasteiger partial charge in [-0.15, -0.1) is 0 Å². The van der Waals surface area contributed by atoms with Crippen LogP contribution in [0, 0.1) is 5.41 Å². The van der Waals surface area contributed by atoms with Crippen molar-refractivity contribution in [2.75, 3.05) is 43.7 Å². The number of anilines is 2. The number of hydrogen-bond acceptors (Lipinski definition) is 6. The van der Waals surface area contributed by atoms with Crippen molar-refractivity contribution in [2.45, 2.75) is 34.6 Å². The first-order valence-corrected chi connectivity index (χ1v) is 11.1. The zero-order valence-corrected chi connectivity index (χ0v) is 20.1. The van der Waals surface area contributed by atoms with Gasteiger partial charge in [-0.05, 0) is 58.9 Å². The molecule has 0 spiro atoms. The highest BCUT2D eigenvalue weighted by atomic mass is 16.5. The molecule has 2 amide bonds. The third-order valence-electron chi connectivity index (χ3n) is 5.22. The molecule has 0 aliphatic carbocycles. The molecule has 0 saturated carbocycles. The van der Waals surface area contributed by atoms with E-state index in [1.165, 1.54) is 0 Å². The number of nitrogens with zero attached hydrogens (tertiary/aromatic N) is 1. The molecule has 0 unspecified atom stereocenters. The van der Waals surface area contributed by atoms with Gasteiger partial charge in [-0.1, -0.05) is 0 Å². The van der Waals surface area contributed by atoms with Crippen molar-refractivity contribution in [1.29, 1.82) is 0 Å². The van der Waals surface area contributed by atoms with E-state index in [9.17, 15) is 9.59 Å². The Hall–Kier alpha value is -3.42. The second-order valence-corrected chi connectivity index (χ2v) is 8.27. The predicted molar refractivity (Wildman–Crippen MR) is 127 cm³/mol. The Morgan fingerprint density at radius 1 is 1.03 bits per heavy atom. The lowest BCUT2D eigenvalue weighted by atomic mass is 9.93. The van der Waals surface area contributed by atoms with E-state index in [-0.39, 0.29) is 18.4 Å². The van der Waals surface area contributed by atoms with Gasteiger partial charge in [-0.25, -0.2) is 0 Å². The van der Waals surface area contributed by atoms with Crippen molar-refractivity contribution in [3.63, 3.8) is 0 Å². The zero-order chi connectivity index (χ0) is 24.2. The molecule has 1 aliphatic rings. The molecule has 178 valence electrons. The van der Waals surface area contributed by atoms with Gasteiger partial charge in [0.05, 0.1) is 30.9 Å². The van der Waals surface area contributed by atoms with Gasteiger partial charge in [-0.3, -0.25) is 9.59 Å². The Balaban J connectivity index is 1.90. The number of hydrogen-bond donors (Lipinski definition) is 1. The van der Waals surface area contributed by atoms with Crippen LogP contribution in [-0.2, 0) is 4.79 Å². The number of nitrogens with one attached hydrogen (secondary N) is 1. The van der Waals surface area contributed by atoms with Gasteiger partial charge in [0, 0.05) is 24.4 Å². The summed E-state index contributed by atoms with van der Waals surface area (Å²) in [6.07, 6.45) is 0. The quantitative estimate of drug-likeness (QED) is 0.629. The maximum absolute atomic E-state index is 13.1. The highest BCUT2D eigenvalue weighted by Gasteiger charge is 2.36. The molecule has 0 saturated heterocycles. The molecular formula is C25H32N2O6. The molecule has 33 heavy (non-hydrogen) atoms. The molecule has 8 heteroatoms. The molecule has 8 nitrogen and oxygen atoms in total. The van der Waals surface area contributed by atoms with Crippen molar-refractivity contribution in [3.05, 3.63) is 35.9 Å². The van der Waals surface area contributed by atoms with Crippen molar-refractivity contribution >= 4 is 23.2 Å². The first-order chi connectivity index (χ1) is 15.7. The monoisotopic (exact) mass is 456 g/mol. The van der Waals surface area contributed by atoms with Crippen LogP contribution in [-0.4, -0.2) is 45.3 Å². The largest absolute Gasteiger partial charge is 0.490 e. The second-order valence-electron chi connectivity index (χ2n) is 8.27. The third-order valence-corrected chi connectivity index (χ3v) is 5.22. The van der Waals surface area contributed by atoms with E-state index < -0.39 is 5.41 Å². The normalized spacial score (nSPS) is 14.6. The lowest BCUT2D eigenvalue weighted by Crippen LogP contribution is -2.39. The SMILES string of the molecule is CCOc1cc(C(=O)Nc2ccc3c(c2)OCC(C)(C)C(=O)N3C)cc(OCC)c1OCC. The van der Waals surface area contributed by atoms with E-state index in [0.29, 0.717) is 59.8 Å². The average Bonchev–Trinajstić information content (AvgIpc) is 2.86. The lowest BCUT2D eigenvalue weighted by molar-refractivity contribution is -0.127. The number of fused-ring (bicyclic) bond motifs is 1. The summed E-state index contributed by atoms with van der Waals surface area (Å²) < 4.78 is 23.0. The fraction of sp³-hybridized carbons (Fsp3) is 0.440. The maximum atomic E-state index is 13.1. The van der Waals surface area contributed by atoms with E-state index >= 15 is 0 Å². The van der Waals surface area contributed by atoms with Crippen molar-refractivity contribution < 1.29 is 28.5 Å². The summed E-state index contributed by atoms with van der Waals surface area (Å²) in [5.74, 6) is 1.54. The first kappa shape index (κ1) is 24.2. The predicted octanol–water partition coefficient (Wildman–Crippen LogP) is 4.52. The summed E-state index contributed by atoms with van der Waals surface area (Å²) in [5.41, 5.74) is 0.922. The highest BCUT2D eigenvalue weighted by molar-refractivity contribution is 6.06. The molecule has 2 aromatic carbocycles. The second kappa shape index (κ2) is 10.0. The molecule has 0 radical (unpaired) electrons. The molecule has 1 heterocycles. The summed E-state index contributed by atoms with van der Waals surface area (Å²) in [4.78, 5) is 27.3. The molecule has 1 N–H and O–H groups in total. The van der Waals surface area contributed by atoms with Crippen LogP contribution >= 0.6 is 0 Å². The number of carbonyl (C=O) groups is 2. The average molecular weight is 457 g/mol. The smallest absolute Gasteiger partial charge is 0.255 e. The highest BCUT2D eigenvalue weighted by Crippen LogP contribution is 2.40. The molecule has 0 fully saturated rings. The molecular weight excluding hydrogens is 424 g/mol. The van der Waals surface area contributed by atoms with E-state index in [4.69, 9.17) is 18.9 Å². The third kappa shape index (κ3) is 5.16. The van der Waals surface area contributed by atoms with Crippen LogP contribution in [0.25, 0.3) is 0 Å². The van der Waals surface area contributed by atoms with Gasteiger partial charge >= 0.3 is 0 Å². The molecule has 3 rings (SSSR count). The lowest BCUT2D eigenvalue weighted by Gasteiger charge is -2.24. The fourth-order valence-electron chi connectivity index (χ4n) is 3.59. The summed E-state index contributed by atoms with van der Waals surface area (Å²) in [6.45, 7) is 10.8. The number of ether oxygens (including phenoxy) is 4. The van der Waals surface area contributed by atoms with Crippen LogP contribution in [0.1, 0.15) is 45.0 Å². The Morgan fingerprint density at radius 3 is 2.21 bits per heavy atom. The van der Waals surface area contributed by atoms with Crippen molar-refractivity contribution in [2.24, 2.45) is 5.41 Å². The summed E-state index contributed by atoms with van der Waals surface area (Å²) in [6, 6.07) is 8.51. The number of carbonyl (C=O) groups excluding carboxylic acids is 2. The van der Waals surface area contributed by atoms with Gasteiger partial charge in [-0.2, -0.15) is 0 Å². The summed E-state index contributed by atoms with van der Waals surface area (Å²) >= 11 is 0. The van der Waals surface area contributed by atoms with E-state index in [0.717, 1.165) is 0 Å². The van der Waals surface area contributed by atoms with E-state index in [2.05, 4.69) is 5.32 Å². The minimum atomic E-state index is -0.648. The van der Waals surface area contributed by atoms with Gasteiger partial charge in [0.1, 0.15) is 12.4 Å². The number of benzene rings is 2. The van der Waals surface area contributed by atoms with Gasteiger partial charge in [0.15, 0.2) is 11.5 Å². The van der Waals surface area contributed by atoms with E-state index in [1.807, 2.05) is 34.6 Å². The Labute approximate surface area is 194 Å². The molecule has 0 atom stereocenters. The molecule has 2 aromatic rings. The molecule has 1 aliphatic heterocycles. The van der Waals surface area contributed by atoms with E-state index in [1.54, 1.807) is 42.3 Å². The van der Waals surface area contributed by atoms with Gasteiger partial charge in [0.25, 0.3) is 5.91 Å². The van der Waals surface area contributed by atoms with Gasteiger partial charge in [0.2, 0.25) is 11.7 Å². The maximum Gasteiger partial charge on any atom is 0.255 e. The van der Waals surface area contributed by atoms with Crippen LogP contribution < -0.4 is 29.2 Å². The minimum Gasteiger partial charge on any atom is -0.490 e. The fourth-order valence-corrected chi connectivity index (χ4v) is 3.59. The van der Waals surface area contributed by atoms with Crippen LogP contribution in [0.5, 0.6) is 23.0 Å². The van der Waals surface area contributed by atoms with Crippen LogP contribution in [0.2, 0.25) is 0 Å². The van der Waals surface area contributed by atoms with Gasteiger partial charge < -0.3 is 29.2 Å². The molecule has 0 bridgehead atoms. The zero-order valence-electron chi connectivity index (χ0n) is 20.1. The Kier molecular flexibility index (Phi) is 7.36. The van der Waals surface area contributed by atoms with Crippen molar-refractivity contribution in [3.8, 4) is 23.0 Å². The van der Waals surface area contributed by atoms with Crippen LogP contribution in [0.15, 0.2) is 30.3 Å². The minimum absolute atomic E-state index is 0.0284. The summed E-state index contributed by atoms with van der Waals surface area (Å²) in [5, 5.41) is 2.89. The summed E-state index contributed by atoms with van der Waals surface area (Å²) in [7, 11) is 1.72. The van der Waals surface area contributed by atoms with Crippen molar-refractivity contribution in [1.82, 2.24) is 0 Å². The van der Waals surface area contributed by atoms with Crippen LogP contribution in [0.4, 0.5) is 11.4 Å². The van der Waals surface area contributed by atoms with Crippen LogP contribution in [0.3, 0.4) is 0 Å². The number of rotatable bonds is 8. The Morgan fingerprint density at radius 2 is 1.64 bits per heavy atom. The molecule has 0 aromatic heterocycles. The Bertz CT molecular complexity index is 1010. The first-order valence-electron chi connectivity index (χ1n) is 11.1. The standard InChI is InChI=1S/C25H32N2O6/c1-7-30-20-12-16(13-21(31-8-2)22(20)32-9-3)23(28)26-17-10-11-18-19(14-17)33-15-25(4,5)24(29)27(18)6/h10-14H,7-9,15H2,1-6H3,(H,26,28). The topological polar surface area (TPSA) is 86.3 Å². The number of amides is 2.